The third-order valence-electron chi connectivity index (χ3n) is 3.51. The van der Waals surface area contributed by atoms with Gasteiger partial charge in [-0.15, -0.1) is 17.9 Å². The number of methoxy groups -OCH3 is 2. The van der Waals surface area contributed by atoms with Gasteiger partial charge in [-0.1, -0.05) is 13.0 Å². The van der Waals surface area contributed by atoms with E-state index in [2.05, 4.69) is 23.8 Å². The average molecular weight is 346 g/mol. The largest absolute Gasteiger partial charge is 0.493 e. The van der Waals surface area contributed by atoms with Gasteiger partial charge in [0.15, 0.2) is 11.5 Å². The van der Waals surface area contributed by atoms with Crippen LogP contribution < -0.4 is 14.8 Å². The van der Waals surface area contributed by atoms with Crippen molar-refractivity contribution >= 4 is 17.2 Å². The first kappa shape index (κ1) is 18.0. The van der Waals surface area contributed by atoms with Crippen molar-refractivity contribution in [3.05, 3.63) is 52.0 Å². The average Bonchev–Trinajstić information content (AvgIpc) is 3.07. The van der Waals surface area contributed by atoms with E-state index >= 15 is 0 Å². The molecule has 2 rings (SSSR count). The first-order chi connectivity index (χ1) is 11.6. The van der Waals surface area contributed by atoms with Gasteiger partial charge in [-0.25, -0.2) is 4.98 Å². The molecule has 0 spiro atoms. The standard InChI is InChI=1S/C18H22N2O3S/c1-5-7-12-8-13(9-15(22-3)17(12)23-4)18(21)19-10-14-11-24-16(6-2)20-14/h5,8-9,11H,1,6-7,10H2,2-4H3,(H,19,21). The smallest absolute Gasteiger partial charge is 0.251 e. The van der Waals surface area contributed by atoms with Gasteiger partial charge in [0.2, 0.25) is 0 Å². The van der Waals surface area contributed by atoms with Crippen LogP contribution in [0.25, 0.3) is 0 Å². The molecule has 0 aliphatic rings. The summed E-state index contributed by atoms with van der Waals surface area (Å²) in [7, 11) is 3.14. The molecule has 1 amide bonds. The number of carbonyl (C=O) groups excluding carboxylic acids is 1. The van der Waals surface area contributed by atoms with Crippen molar-refractivity contribution in [2.45, 2.75) is 26.3 Å². The molecule has 0 atom stereocenters. The maximum absolute atomic E-state index is 12.5. The van der Waals surface area contributed by atoms with Crippen molar-refractivity contribution in [2.75, 3.05) is 14.2 Å². The molecule has 0 radical (unpaired) electrons. The topological polar surface area (TPSA) is 60.5 Å². The first-order valence-electron chi connectivity index (χ1n) is 7.70. The Morgan fingerprint density at radius 2 is 2.17 bits per heavy atom. The number of rotatable bonds is 8. The summed E-state index contributed by atoms with van der Waals surface area (Å²) in [4.78, 5) is 16.9. The number of thiazole rings is 1. The van der Waals surface area contributed by atoms with Gasteiger partial charge in [-0.05, 0) is 25.0 Å². The molecule has 0 aliphatic carbocycles. The summed E-state index contributed by atoms with van der Waals surface area (Å²) in [5, 5.41) is 5.93. The van der Waals surface area contributed by atoms with Crippen LogP contribution in [-0.4, -0.2) is 25.1 Å². The molecule has 0 aliphatic heterocycles. The molecule has 0 unspecified atom stereocenters. The number of benzene rings is 1. The van der Waals surface area contributed by atoms with E-state index < -0.39 is 0 Å². The van der Waals surface area contributed by atoms with Gasteiger partial charge in [0.05, 0.1) is 31.5 Å². The zero-order valence-corrected chi connectivity index (χ0v) is 15.0. The fourth-order valence-electron chi connectivity index (χ4n) is 2.35. The second-order valence-corrected chi connectivity index (χ2v) is 6.08. The summed E-state index contributed by atoms with van der Waals surface area (Å²) in [5.41, 5.74) is 2.26. The predicted octanol–water partition coefficient (Wildman–Crippen LogP) is 3.38. The molecular weight excluding hydrogens is 324 g/mol. The summed E-state index contributed by atoms with van der Waals surface area (Å²) >= 11 is 1.61. The number of hydrogen-bond acceptors (Lipinski definition) is 5. The van der Waals surface area contributed by atoms with E-state index in [4.69, 9.17) is 9.47 Å². The number of hydrogen-bond donors (Lipinski definition) is 1. The summed E-state index contributed by atoms with van der Waals surface area (Å²) in [6.07, 6.45) is 3.26. The number of carbonyl (C=O) groups is 1. The van der Waals surface area contributed by atoms with Crippen LogP contribution in [0.15, 0.2) is 30.2 Å². The molecule has 1 N–H and O–H groups in total. The number of aryl methyl sites for hydroxylation is 1. The van der Waals surface area contributed by atoms with Crippen LogP contribution in [0.4, 0.5) is 0 Å². The Labute approximate surface area is 146 Å². The Kier molecular flexibility index (Phi) is 6.37. The van der Waals surface area contributed by atoms with Gasteiger partial charge in [0, 0.05) is 16.5 Å². The molecule has 24 heavy (non-hydrogen) atoms. The van der Waals surface area contributed by atoms with Crippen LogP contribution in [0.5, 0.6) is 11.5 Å². The molecule has 0 fully saturated rings. The van der Waals surface area contributed by atoms with Crippen LogP contribution in [0.3, 0.4) is 0 Å². The van der Waals surface area contributed by atoms with Crippen molar-refractivity contribution in [1.29, 1.82) is 0 Å². The van der Waals surface area contributed by atoms with E-state index in [0.717, 1.165) is 22.7 Å². The number of amides is 1. The molecule has 6 heteroatoms. The molecule has 0 saturated heterocycles. The van der Waals surface area contributed by atoms with Crippen LogP contribution >= 0.6 is 11.3 Å². The Hall–Kier alpha value is -2.34. The summed E-state index contributed by atoms with van der Waals surface area (Å²) in [6, 6.07) is 3.48. The normalized spacial score (nSPS) is 10.3. The van der Waals surface area contributed by atoms with Gasteiger partial charge < -0.3 is 14.8 Å². The lowest BCUT2D eigenvalue weighted by atomic mass is 10.0. The van der Waals surface area contributed by atoms with Crippen molar-refractivity contribution in [3.8, 4) is 11.5 Å². The van der Waals surface area contributed by atoms with E-state index in [1.54, 1.807) is 43.8 Å². The van der Waals surface area contributed by atoms with E-state index in [0.29, 0.717) is 30.0 Å². The first-order valence-corrected chi connectivity index (χ1v) is 8.58. The highest BCUT2D eigenvalue weighted by molar-refractivity contribution is 7.09. The maximum atomic E-state index is 12.5. The van der Waals surface area contributed by atoms with E-state index in [9.17, 15) is 4.79 Å². The highest BCUT2D eigenvalue weighted by Gasteiger charge is 2.15. The zero-order valence-electron chi connectivity index (χ0n) is 14.2. The van der Waals surface area contributed by atoms with Gasteiger partial charge in [-0.2, -0.15) is 0 Å². The Morgan fingerprint density at radius 3 is 2.75 bits per heavy atom. The van der Waals surface area contributed by atoms with Crippen LogP contribution in [0, 0.1) is 0 Å². The minimum atomic E-state index is -0.174. The number of nitrogens with one attached hydrogen (secondary N) is 1. The fraction of sp³-hybridized carbons (Fsp3) is 0.333. The number of nitrogens with zero attached hydrogens (tertiary/aromatic N) is 1. The lowest BCUT2D eigenvalue weighted by molar-refractivity contribution is 0.0950. The summed E-state index contributed by atoms with van der Waals surface area (Å²) < 4.78 is 10.7. The second kappa shape index (κ2) is 8.49. The number of ether oxygens (including phenoxy) is 2. The molecular formula is C18H22N2O3S. The highest BCUT2D eigenvalue weighted by atomic mass is 32.1. The molecule has 5 nitrogen and oxygen atoms in total. The third kappa shape index (κ3) is 4.14. The van der Waals surface area contributed by atoms with E-state index in [1.165, 1.54) is 0 Å². The molecule has 0 saturated carbocycles. The highest BCUT2D eigenvalue weighted by Crippen LogP contribution is 2.33. The predicted molar refractivity (Wildman–Crippen MR) is 96.1 cm³/mol. The van der Waals surface area contributed by atoms with Crippen molar-refractivity contribution < 1.29 is 14.3 Å². The molecule has 1 heterocycles. The van der Waals surface area contributed by atoms with Crippen LogP contribution in [-0.2, 0) is 19.4 Å². The quantitative estimate of drug-likeness (QED) is 0.745. The monoisotopic (exact) mass is 346 g/mol. The molecule has 2 aromatic rings. The number of aromatic nitrogens is 1. The van der Waals surface area contributed by atoms with Crippen molar-refractivity contribution in [2.24, 2.45) is 0 Å². The lowest BCUT2D eigenvalue weighted by Crippen LogP contribution is -2.23. The van der Waals surface area contributed by atoms with Gasteiger partial charge in [0.1, 0.15) is 0 Å². The van der Waals surface area contributed by atoms with Crippen molar-refractivity contribution in [1.82, 2.24) is 10.3 Å². The molecule has 1 aromatic carbocycles. The van der Waals surface area contributed by atoms with E-state index in [-0.39, 0.29) is 5.91 Å². The minimum absolute atomic E-state index is 0.174. The third-order valence-corrected chi connectivity index (χ3v) is 4.56. The van der Waals surface area contributed by atoms with Gasteiger partial charge in [-0.3, -0.25) is 4.79 Å². The Balaban J connectivity index is 2.18. The van der Waals surface area contributed by atoms with Crippen LogP contribution in [0.2, 0.25) is 0 Å². The lowest BCUT2D eigenvalue weighted by Gasteiger charge is -2.14. The molecule has 128 valence electrons. The zero-order chi connectivity index (χ0) is 17.5. The van der Waals surface area contributed by atoms with Crippen molar-refractivity contribution in [3.63, 3.8) is 0 Å². The Bertz CT molecular complexity index is 725. The van der Waals surface area contributed by atoms with Gasteiger partial charge >= 0.3 is 0 Å². The van der Waals surface area contributed by atoms with E-state index in [1.807, 2.05) is 5.38 Å². The minimum Gasteiger partial charge on any atom is -0.493 e. The molecule has 1 aromatic heterocycles. The Morgan fingerprint density at radius 1 is 1.38 bits per heavy atom. The summed E-state index contributed by atoms with van der Waals surface area (Å²) in [5.74, 6) is 0.984. The SMILES string of the molecule is C=CCc1cc(C(=O)NCc2csc(CC)n2)cc(OC)c1OC. The number of allylic oxidation sites excluding steroid dienone is 1. The fourth-order valence-corrected chi connectivity index (χ4v) is 3.09. The molecule has 0 bridgehead atoms. The second-order valence-electron chi connectivity index (χ2n) is 5.13. The maximum Gasteiger partial charge on any atom is 0.251 e. The summed E-state index contributed by atoms with van der Waals surface area (Å²) in [6.45, 7) is 6.21. The van der Waals surface area contributed by atoms with Gasteiger partial charge in [0.25, 0.3) is 5.91 Å². The van der Waals surface area contributed by atoms with Crippen LogP contribution in [0.1, 0.15) is 33.5 Å².